The Kier molecular flexibility index (Phi) is 6.53. The zero-order valence-electron chi connectivity index (χ0n) is 16.9. The molecule has 0 saturated heterocycles. The van der Waals surface area contributed by atoms with Crippen LogP contribution in [-0.4, -0.2) is 46.2 Å². The van der Waals surface area contributed by atoms with E-state index in [1.165, 1.54) is 18.2 Å². The van der Waals surface area contributed by atoms with Crippen molar-refractivity contribution < 1.29 is 34.8 Å². The van der Waals surface area contributed by atoms with Gasteiger partial charge in [-0.25, -0.2) is 13.4 Å². The van der Waals surface area contributed by atoms with Crippen LogP contribution in [0.15, 0.2) is 46.3 Å². The number of sulfonamides is 1. The fourth-order valence-corrected chi connectivity index (χ4v) is 3.85. The third-order valence-corrected chi connectivity index (χ3v) is 5.80. The first-order chi connectivity index (χ1) is 14.0. The number of benzene rings is 2. The van der Waals surface area contributed by atoms with E-state index in [-0.39, 0.29) is 11.8 Å². The lowest BCUT2D eigenvalue weighted by atomic mass is 10.0. The molecule has 0 saturated carbocycles. The second-order valence-corrected chi connectivity index (χ2v) is 8.67. The Labute approximate surface area is 175 Å². The minimum atomic E-state index is -5.74. The van der Waals surface area contributed by atoms with E-state index in [4.69, 9.17) is 0 Å². The molecule has 0 unspecified atom stereocenters. The number of hydrazine groups is 1. The first kappa shape index (κ1) is 24.7. The molecule has 13 heteroatoms. The van der Waals surface area contributed by atoms with Crippen LogP contribution in [0.4, 0.5) is 32.0 Å². The number of rotatable bonds is 5. The fraction of sp³-hybridized carbons (Fsp3) is 0.389. The van der Waals surface area contributed by atoms with E-state index in [2.05, 4.69) is 4.99 Å². The summed E-state index contributed by atoms with van der Waals surface area (Å²) in [5.41, 5.74) is -1.87. The molecule has 0 spiro atoms. The predicted octanol–water partition coefficient (Wildman–Crippen LogP) is 3.99. The summed E-state index contributed by atoms with van der Waals surface area (Å²) in [6.45, 7) is 0.645. The standard InChI is InChI=1S/C18H20F6N4O2S/c1-11(25-16(2,17(19,20)21)18(22,23)24)26-27-31(29,30)15-10-6-7-12-13(15)8-5-9-14(12)28(3)4/h5-10,27H,1-4H3,(H,25,26). The third kappa shape index (κ3) is 4.87. The van der Waals surface area contributed by atoms with Gasteiger partial charge in [0.25, 0.3) is 10.0 Å². The number of nitrogens with zero attached hydrogens (tertiary/aromatic N) is 2. The minimum absolute atomic E-state index is 0.139. The number of hydrogen-bond donors (Lipinski definition) is 2. The van der Waals surface area contributed by atoms with Crippen molar-refractivity contribution in [3.8, 4) is 0 Å². The van der Waals surface area contributed by atoms with Crippen molar-refractivity contribution in [1.82, 2.24) is 10.3 Å². The maximum Gasteiger partial charge on any atom is 0.422 e. The van der Waals surface area contributed by atoms with E-state index in [0.29, 0.717) is 16.5 Å². The number of nitrogens with one attached hydrogen (secondary N) is 2. The molecule has 2 aromatic rings. The van der Waals surface area contributed by atoms with Gasteiger partial charge in [0.15, 0.2) is 0 Å². The highest BCUT2D eigenvalue weighted by Crippen LogP contribution is 2.45. The number of halogens is 6. The van der Waals surface area contributed by atoms with Gasteiger partial charge in [-0.2, -0.15) is 26.3 Å². The molecule has 0 aromatic heterocycles. The molecule has 0 atom stereocenters. The first-order valence-electron chi connectivity index (χ1n) is 8.68. The van der Waals surface area contributed by atoms with E-state index in [1.807, 2.05) is 5.43 Å². The number of fused-ring (bicyclic) bond motifs is 1. The van der Waals surface area contributed by atoms with Crippen molar-refractivity contribution in [3.63, 3.8) is 0 Å². The van der Waals surface area contributed by atoms with Crippen molar-refractivity contribution in [2.24, 2.45) is 4.99 Å². The lowest BCUT2D eigenvalue weighted by Crippen LogP contribution is -2.54. The Morgan fingerprint density at radius 1 is 0.935 bits per heavy atom. The van der Waals surface area contributed by atoms with Crippen LogP contribution in [0, 0.1) is 0 Å². The van der Waals surface area contributed by atoms with Crippen molar-refractivity contribution in [3.05, 3.63) is 36.4 Å². The number of alkyl halides is 6. The van der Waals surface area contributed by atoms with Gasteiger partial charge in [0.05, 0.1) is 4.90 Å². The zero-order chi connectivity index (χ0) is 23.8. The van der Waals surface area contributed by atoms with Crippen LogP contribution in [0.3, 0.4) is 0 Å². The summed E-state index contributed by atoms with van der Waals surface area (Å²) in [4.78, 5) is 5.99. The van der Waals surface area contributed by atoms with Gasteiger partial charge in [-0.1, -0.05) is 24.3 Å². The van der Waals surface area contributed by atoms with E-state index < -0.39 is 33.8 Å². The van der Waals surface area contributed by atoms with Crippen molar-refractivity contribution in [2.45, 2.75) is 36.6 Å². The predicted molar refractivity (Wildman–Crippen MR) is 105 cm³/mol. The molecule has 0 aliphatic carbocycles. The lowest BCUT2D eigenvalue weighted by molar-refractivity contribution is -0.289. The van der Waals surface area contributed by atoms with Crippen LogP contribution in [0.5, 0.6) is 0 Å². The molecule has 0 amide bonds. The quantitative estimate of drug-likeness (QED) is 0.300. The van der Waals surface area contributed by atoms with Crippen molar-refractivity contribution in [2.75, 3.05) is 19.0 Å². The normalized spacial score (nSPS) is 14.1. The van der Waals surface area contributed by atoms with E-state index >= 15 is 0 Å². The van der Waals surface area contributed by atoms with Crippen LogP contribution in [0.2, 0.25) is 0 Å². The topological polar surface area (TPSA) is 73.8 Å². The molecular weight excluding hydrogens is 450 g/mol. The highest BCUT2D eigenvalue weighted by atomic mass is 32.2. The van der Waals surface area contributed by atoms with Crippen LogP contribution < -0.4 is 15.2 Å². The monoisotopic (exact) mass is 470 g/mol. The average molecular weight is 470 g/mol. The van der Waals surface area contributed by atoms with Gasteiger partial charge in [-0.3, -0.25) is 5.43 Å². The highest BCUT2D eigenvalue weighted by molar-refractivity contribution is 7.89. The van der Waals surface area contributed by atoms with Crippen molar-refractivity contribution in [1.29, 1.82) is 0 Å². The molecule has 2 aromatic carbocycles. The summed E-state index contributed by atoms with van der Waals surface area (Å²) in [6, 6.07) is 9.32. The molecule has 2 rings (SSSR count). The Bertz CT molecular complexity index is 1080. The van der Waals surface area contributed by atoms with E-state index in [0.717, 1.165) is 6.92 Å². The summed E-state index contributed by atoms with van der Waals surface area (Å²) in [5.74, 6) is -0.921. The fourth-order valence-electron chi connectivity index (χ4n) is 2.74. The van der Waals surface area contributed by atoms with Gasteiger partial charge in [-0.05, 0) is 26.0 Å². The molecule has 31 heavy (non-hydrogen) atoms. The number of aliphatic imine (C=N–C) groups is 1. The summed E-state index contributed by atoms with van der Waals surface area (Å²) < 4.78 is 103. The Morgan fingerprint density at radius 2 is 1.45 bits per heavy atom. The van der Waals surface area contributed by atoms with Gasteiger partial charge < -0.3 is 4.90 Å². The highest BCUT2D eigenvalue weighted by Gasteiger charge is 2.68. The van der Waals surface area contributed by atoms with Gasteiger partial charge in [0.1, 0.15) is 5.84 Å². The molecule has 0 aliphatic heterocycles. The summed E-state index contributed by atoms with van der Waals surface area (Å²) >= 11 is 0. The Morgan fingerprint density at radius 3 is 1.97 bits per heavy atom. The summed E-state index contributed by atoms with van der Waals surface area (Å²) in [7, 11) is -0.858. The maximum atomic E-state index is 13.0. The Balaban J connectivity index is 2.40. The second kappa shape index (κ2) is 8.19. The van der Waals surface area contributed by atoms with Gasteiger partial charge in [-0.15, -0.1) is 4.83 Å². The van der Waals surface area contributed by atoms with Crippen molar-refractivity contribution >= 4 is 32.3 Å². The molecule has 0 radical (unpaired) electrons. The van der Waals surface area contributed by atoms with Gasteiger partial charge in [0.2, 0.25) is 5.54 Å². The molecular formula is C18H20F6N4O2S. The van der Waals surface area contributed by atoms with Gasteiger partial charge in [0, 0.05) is 30.6 Å². The van der Waals surface area contributed by atoms with Crippen LogP contribution in [-0.2, 0) is 10.0 Å². The second-order valence-electron chi connectivity index (χ2n) is 7.02. The van der Waals surface area contributed by atoms with Crippen LogP contribution in [0.25, 0.3) is 10.8 Å². The Hall–Kier alpha value is -2.54. The SMILES string of the molecule is CC(=NC(C)(C(F)(F)F)C(F)(F)F)NNS(=O)(=O)c1cccc2c(N(C)C)cccc12. The van der Waals surface area contributed by atoms with Gasteiger partial charge >= 0.3 is 12.4 Å². The van der Waals surface area contributed by atoms with E-state index in [1.54, 1.807) is 42.0 Å². The van der Waals surface area contributed by atoms with Crippen LogP contribution in [0.1, 0.15) is 13.8 Å². The molecule has 0 bridgehead atoms. The number of amidine groups is 1. The first-order valence-corrected chi connectivity index (χ1v) is 10.2. The smallest absolute Gasteiger partial charge is 0.377 e. The summed E-state index contributed by atoms with van der Waals surface area (Å²) in [6.07, 6.45) is -11.5. The minimum Gasteiger partial charge on any atom is -0.377 e. The molecule has 172 valence electrons. The summed E-state index contributed by atoms with van der Waals surface area (Å²) in [5, 5.41) is 0.899. The molecule has 2 N–H and O–H groups in total. The van der Waals surface area contributed by atoms with Crippen LogP contribution >= 0.6 is 0 Å². The largest absolute Gasteiger partial charge is 0.422 e. The maximum absolute atomic E-state index is 13.0. The van der Waals surface area contributed by atoms with E-state index in [9.17, 15) is 34.8 Å². The zero-order valence-corrected chi connectivity index (χ0v) is 17.7. The molecule has 0 heterocycles. The molecule has 0 aliphatic rings. The molecule has 0 fully saturated rings. The third-order valence-electron chi connectivity index (χ3n) is 4.49. The number of hydrogen-bond acceptors (Lipinski definition) is 4. The number of anilines is 1. The lowest BCUT2D eigenvalue weighted by Gasteiger charge is -2.30. The average Bonchev–Trinajstić information content (AvgIpc) is 2.63. The molecule has 6 nitrogen and oxygen atoms in total.